The lowest BCUT2D eigenvalue weighted by Gasteiger charge is -2.37. The molecule has 5 aromatic rings. The fourth-order valence-corrected chi connectivity index (χ4v) is 7.83. The smallest absolute Gasteiger partial charge is 0.249 e. The number of piperazine rings is 1. The molecule has 13 nitrogen and oxygen atoms in total. The van der Waals surface area contributed by atoms with Crippen molar-refractivity contribution in [3.63, 3.8) is 0 Å². The van der Waals surface area contributed by atoms with Crippen molar-refractivity contribution in [2.24, 2.45) is 0 Å². The number of halogens is 1. The van der Waals surface area contributed by atoms with Gasteiger partial charge in [0.05, 0.1) is 11.2 Å². The first-order valence-corrected chi connectivity index (χ1v) is 18.9. The molecule has 1 saturated carbocycles. The maximum Gasteiger partial charge on any atom is 0.249 e. The number of carbonyl (C=O) groups excluding carboxylic acids is 3. The summed E-state index contributed by atoms with van der Waals surface area (Å²) in [6, 6.07) is 20.5. The third-order valence-electron chi connectivity index (χ3n) is 10.8. The number of aromatic nitrogens is 4. The van der Waals surface area contributed by atoms with Crippen LogP contribution < -0.4 is 30.7 Å². The number of piperidine rings is 1. The van der Waals surface area contributed by atoms with Crippen molar-refractivity contribution in [3.05, 3.63) is 91.1 Å². The van der Waals surface area contributed by atoms with Crippen molar-refractivity contribution in [2.75, 3.05) is 51.5 Å². The van der Waals surface area contributed by atoms with Crippen LogP contribution in [0, 0.1) is 5.82 Å². The van der Waals surface area contributed by atoms with Crippen molar-refractivity contribution >= 4 is 57.6 Å². The van der Waals surface area contributed by atoms with Gasteiger partial charge in [0.25, 0.3) is 0 Å². The van der Waals surface area contributed by atoms with Gasteiger partial charge < -0.3 is 25.3 Å². The lowest BCUT2D eigenvalue weighted by atomic mass is 9.89. The predicted octanol–water partition coefficient (Wildman–Crippen LogP) is 5.55. The highest BCUT2D eigenvalue weighted by Crippen LogP contribution is 2.32. The Morgan fingerprint density at radius 2 is 1.55 bits per heavy atom. The molecule has 3 fully saturated rings. The molecule has 55 heavy (non-hydrogen) atoms. The highest BCUT2D eigenvalue weighted by Gasteiger charge is 2.30. The second kappa shape index (κ2) is 15.7. The maximum atomic E-state index is 15.0. The first-order chi connectivity index (χ1) is 26.8. The van der Waals surface area contributed by atoms with Gasteiger partial charge in [0.15, 0.2) is 0 Å². The molecule has 0 spiro atoms. The van der Waals surface area contributed by atoms with E-state index in [0.717, 1.165) is 53.4 Å². The van der Waals surface area contributed by atoms with E-state index >= 15 is 0 Å². The molecule has 3 N–H and O–H groups in total. The van der Waals surface area contributed by atoms with Crippen molar-refractivity contribution in [1.29, 1.82) is 0 Å². The van der Waals surface area contributed by atoms with Gasteiger partial charge in [-0.3, -0.25) is 19.7 Å². The number of nitrogens with zero attached hydrogens (tertiary/aromatic N) is 7. The highest BCUT2D eigenvalue weighted by atomic mass is 19.1. The fourth-order valence-electron chi connectivity index (χ4n) is 7.83. The minimum atomic E-state index is -0.543. The molecule has 1 unspecified atom stereocenters. The van der Waals surface area contributed by atoms with Gasteiger partial charge in [0, 0.05) is 92.5 Å². The van der Waals surface area contributed by atoms with E-state index in [4.69, 9.17) is 0 Å². The van der Waals surface area contributed by atoms with Crippen molar-refractivity contribution < 1.29 is 18.8 Å². The van der Waals surface area contributed by atoms with Gasteiger partial charge >= 0.3 is 0 Å². The molecule has 3 aliphatic rings. The largest absolute Gasteiger partial charge is 0.374 e. The van der Waals surface area contributed by atoms with Crippen LogP contribution in [0.1, 0.15) is 45.4 Å². The number of anilines is 5. The normalized spacial score (nSPS) is 20.2. The average molecular weight is 743 g/mol. The molecule has 2 aromatic heterocycles. The topological polar surface area (TPSA) is 149 Å². The highest BCUT2D eigenvalue weighted by molar-refractivity contribution is 6.01. The van der Waals surface area contributed by atoms with Gasteiger partial charge in [-0.05, 0) is 74.1 Å². The maximum absolute atomic E-state index is 15.0. The van der Waals surface area contributed by atoms with Gasteiger partial charge in [-0.1, -0.05) is 30.3 Å². The SMILES string of the molecule is CC(=O)N(c1ccc(-c2cnc(N3CCN(c4cc(NC5CCC(=O)NC5=O)ccc4F)CC3)nc2)cc1)C1CCC(Nc2ncc3ccccc3n2)CC1. The molecule has 1 atom stereocenters. The number of carbonyl (C=O) groups is 3. The first-order valence-electron chi connectivity index (χ1n) is 18.9. The standard InChI is InChI=1S/C41H43FN10O3/c1-26(53)52(33-13-8-30(9-14-33)47-40-43-23-28-4-2-3-5-35(28)48-40)32-11-6-27(7-12-32)29-24-44-41(45-25-29)51-20-18-50(19-21-51)37-22-31(10-15-34(37)42)46-36-16-17-38(54)49-39(36)55/h2-7,10-12,15,22-25,30,33,36,46H,8-9,13-14,16-21H2,1H3,(H,43,47,48)(H,49,54,55). The van der Waals surface area contributed by atoms with E-state index in [2.05, 4.69) is 40.8 Å². The third-order valence-corrected chi connectivity index (χ3v) is 10.8. The summed E-state index contributed by atoms with van der Waals surface area (Å²) < 4.78 is 15.0. The van der Waals surface area contributed by atoms with E-state index in [-0.39, 0.29) is 42.0 Å². The van der Waals surface area contributed by atoms with Crippen LogP contribution in [-0.2, 0) is 14.4 Å². The Hall–Kier alpha value is -6.18. The van der Waals surface area contributed by atoms with Crippen LogP contribution in [0.2, 0.25) is 0 Å². The Morgan fingerprint density at radius 1 is 0.818 bits per heavy atom. The van der Waals surface area contributed by atoms with Gasteiger partial charge in [-0.25, -0.2) is 24.3 Å². The van der Waals surface area contributed by atoms with E-state index in [1.54, 1.807) is 19.1 Å². The molecule has 2 aliphatic heterocycles. The minimum absolute atomic E-state index is 0.0224. The van der Waals surface area contributed by atoms with Crippen LogP contribution in [0.4, 0.5) is 33.3 Å². The van der Waals surface area contributed by atoms with Gasteiger partial charge in [-0.15, -0.1) is 0 Å². The molecule has 3 aromatic carbocycles. The number of nitrogens with one attached hydrogen (secondary N) is 3. The molecular formula is C41H43FN10O3. The summed E-state index contributed by atoms with van der Waals surface area (Å²) in [7, 11) is 0. The van der Waals surface area contributed by atoms with Gasteiger partial charge in [0.1, 0.15) is 11.9 Å². The number of amides is 3. The molecule has 4 heterocycles. The van der Waals surface area contributed by atoms with Crippen LogP contribution in [0.5, 0.6) is 0 Å². The van der Waals surface area contributed by atoms with Crippen LogP contribution >= 0.6 is 0 Å². The average Bonchev–Trinajstić information content (AvgIpc) is 3.21. The molecule has 282 valence electrons. The summed E-state index contributed by atoms with van der Waals surface area (Å²) in [6.45, 7) is 3.97. The monoisotopic (exact) mass is 742 g/mol. The number of benzene rings is 3. The zero-order valence-electron chi connectivity index (χ0n) is 30.6. The minimum Gasteiger partial charge on any atom is -0.374 e. The summed E-state index contributed by atoms with van der Waals surface area (Å²) in [5.74, 6) is 0.277. The summed E-state index contributed by atoms with van der Waals surface area (Å²) in [5.41, 5.74) is 4.69. The Morgan fingerprint density at radius 3 is 2.27 bits per heavy atom. The van der Waals surface area contributed by atoms with E-state index in [1.165, 1.54) is 6.07 Å². The van der Waals surface area contributed by atoms with Gasteiger partial charge in [0.2, 0.25) is 29.6 Å². The van der Waals surface area contributed by atoms with E-state index < -0.39 is 6.04 Å². The molecular weight excluding hydrogens is 700 g/mol. The lowest BCUT2D eigenvalue weighted by Crippen LogP contribution is -2.48. The van der Waals surface area contributed by atoms with E-state index in [9.17, 15) is 18.8 Å². The van der Waals surface area contributed by atoms with Crippen LogP contribution in [0.15, 0.2) is 85.3 Å². The van der Waals surface area contributed by atoms with Crippen LogP contribution in [0.3, 0.4) is 0 Å². The molecule has 8 rings (SSSR count). The Bertz CT molecular complexity index is 2190. The fraction of sp³-hybridized carbons (Fsp3) is 0.341. The third kappa shape index (κ3) is 8.03. The summed E-state index contributed by atoms with van der Waals surface area (Å²) in [6.07, 6.45) is 9.70. The molecule has 2 saturated heterocycles. The second-order valence-corrected chi connectivity index (χ2v) is 14.4. The number of para-hydroxylation sites is 1. The Kier molecular flexibility index (Phi) is 10.2. The molecule has 3 amide bonds. The zero-order chi connectivity index (χ0) is 37.9. The summed E-state index contributed by atoms with van der Waals surface area (Å²) in [4.78, 5) is 61.1. The lowest BCUT2D eigenvalue weighted by molar-refractivity contribution is -0.133. The number of hydrogen-bond donors (Lipinski definition) is 3. The number of rotatable bonds is 9. The second-order valence-electron chi connectivity index (χ2n) is 14.4. The summed E-state index contributed by atoms with van der Waals surface area (Å²) in [5, 5.41) is 10.00. The molecule has 0 bridgehead atoms. The number of hydrogen-bond acceptors (Lipinski definition) is 11. The molecule has 1 aliphatic carbocycles. The number of fused-ring (bicyclic) bond motifs is 1. The van der Waals surface area contributed by atoms with E-state index in [1.807, 2.05) is 76.9 Å². The van der Waals surface area contributed by atoms with Gasteiger partial charge in [-0.2, -0.15) is 0 Å². The van der Waals surface area contributed by atoms with Crippen LogP contribution in [-0.4, -0.2) is 82.0 Å². The van der Waals surface area contributed by atoms with Crippen molar-refractivity contribution in [2.45, 2.75) is 63.6 Å². The number of imide groups is 1. The molecule has 14 heteroatoms. The van der Waals surface area contributed by atoms with Crippen molar-refractivity contribution in [1.82, 2.24) is 25.3 Å². The summed E-state index contributed by atoms with van der Waals surface area (Å²) >= 11 is 0. The predicted molar refractivity (Wildman–Crippen MR) is 210 cm³/mol. The Labute approximate surface area is 318 Å². The molecule has 0 radical (unpaired) electrons. The Balaban J connectivity index is 0.849. The quantitative estimate of drug-likeness (QED) is 0.163. The zero-order valence-corrected chi connectivity index (χ0v) is 30.6. The first kappa shape index (κ1) is 35.8. The van der Waals surface area contributed by atoms with Crippen molar-refractivity contribution in [3.8, 4) is 11.1 Å². The van der Waals surface area contributed by atoms with E-state index in [0.29, 0.717) is 55.9 Å². The van der Waals surface area contributed by atoms with Crippen LogP contribution in [0.25, 0.3) is 22.0 Å².